The van der Waals surface area contributed by atoms with Crippen LogP contribution in [0, 0.1) is 0 Å². The number of halogens is 1. The summed E-state index contributed by atoms with van der Waals surface area (Å²) >= 11 is 2.50. The lowest BCUT2D eigenvalue weighted by Crippen LogP contribution is -2.36. The van der Waals surface area contributed by atoms with Crippen LogP contribution in [0.1, 0.15) is 25.7 Å². The Balaban J connectivity index is 2.33. The van der Waals surface area contributed by atoms with Crippen LogP contribution in [0.2, 0.25) is 0 Å². The van der Waals surface area contributed by atoms with Crippen LogP contribution < -0.4 is 0 Å². The number of hydrogen-bond donors (Lipinski definition) is 0. The van der Waals surface area contributed by atoms with E-state index in [2.05, 4.69) is 22.6 Å². The third-order valence-corrected chi connectivity index (χ3v) is 4.12. The van der Waals surface area contributed by atoms with Gasteiger partial charge in [-0.2, -0.15) is 0 Å². The Kier molecular flexibility index (Phi) is 7.12. The van der Waals surface area contributed by atoms with Crippen LogP contribution in [-0.2, 0) is 14.2 Å². The molecule has 1 fully saturated rings. The summed E-state index contributed by atoms with van der Waals surface area (Å²) in [5.41, 5.74) is 0. The van der Waals surface area contributed by atoms with Crippen molar-refractivity contribution in [2.24, 2.45) is 0 Å². The average molecular weight is 328 g/mol. The maximum absolute atomic E-state index is 6.03. The molecule has 2 atom stereocenters. The van der Waals surface area contributed by atoms with Gasteiger partial charge in [-0.05, 0) is 12.8 Å². The van der Waals surface area contributed by atoms with Gasteiger partial charge < -0.3 is 14.2 Å². The van der Waals surface area contributed by atoms with Crippen LogP contribution in [0.5, 0.6) is 0 Å². The largest absolute Gasteiger partial charge is 0.382 e. The molecule has 1 aliphatic rings. The number of hydrogen-bond acceptors (Lipinski definition) is 3. The summed E-state index contributed by atoms with van der Waals surface area (Å²) in [4.78, 5) is 0. The Bertz CT molecular complexity index is 160. The minimum absolute atomic E-state index is 0.0837. The van der Waals surface area contributed by atoms with Crippen molar-refractivity contribution in [2.45, 2.75) is 41.8 Å². The third-order valence-electron chi connectivity index (χ3n) is 2.69. The van der Waals surface area contributed by atoms with Gasteiger partial charge in [-0.3, -0.25) is 0 Å². The molecule has 15 heavy (non-hydrogen) atoms. The SMILES string of the molecule is COCC(COC)OC1CCCCC1I. The Hall–Kier alpha value is 0.610. The monoisotopic (exact) mass is 328 g/mol. The van der Waals surface area contributed by atoms with E-state index in [0.717, 1.165) is 0 Å². The van der Waals surface area contributed by atoms with Gasteiger partial charge in [0.1, 0.15) is 6.10 Å². The summed E-state index contributed by atoms with van der Waals surface area (Å²) in [6, 6.07) is 0. The average Bonchev–Trinajstić information content (AvgIpc) is 2.22. The van der Waals surface area contributed by atoms with Gasteiger partial charge in [-0.25, -0.2) is 0 Å². The number of rotatable bonds is 6. The maximum Gasteiger partial charge on any atom is 0.104 e. The first-order valence-electron chi connectivity index (χ1n) is 5.55. The normalized spacial score (nSPS) is 27.2. The second kappa shape index (κ2) is 7.81. The zero-order valence-electron chi connectivity index (χ0n) is 9.58. The van der Waals surface area contributed by atoms with E-state index in [1.54, 1.807) is 14.2 Å². The molecular formula is C11H21IO3. The molecule has 1 aliphatic carbocycles. The van der Waals surface area contributed by atoms with E-state index in [9.17, 15) is 0 Å². The summed E-state index contributed by atoms with van der Waals surface area (Å²) in [7, 11) is 3.41. The Morgan fingerprint density at radius 2 is 1.73 bits per heavy atom. The predicted molar refractivity (Wildman–Crippen MR) is 68.7 cm³/mol. The van der Waals surface area contributed by atoms with Crippen LogP contribution in [0.4, 0.5) is 0 Å². The molecule has 4 heteroatoms. The van der Waals surface area contributed by atoms with Gasteiger partial charge >= 0.3 is 0 Å². The minimum Gasteiger partial charge on any atom is -0.382 e. The molecule has 0 aromatic carbocycles. The van der Waals surface area contributed by atoms with Gasteiger partial charge in [-0.15, -0.1) is 0 Å². The molecule has 1 rings (SSSR count). The topological polar surface area (TPSA) is 27.7 Å². The van der Waals surface area contributed by atoms with Crippen molar-refractivity contribution in [1.29, 1.82) is 0 Å². The predicted octanol–water partition coefficient (Wildman–Crippen LogP) is 2.41. The number of methoxy groups -OCH3 is 2. The molecule has 0 heterocycles. The minimum atomic E-state index is 0.0837. The van der Waals surface area contributed by atoms with Crippen LogP contribution in [0.15, 0.2) is 0 Å². The highest BCUT2D eigenvalue weighted by molar-refractivity contribution is 14.1. The fourth-order valence-electron chi connectivity index (χ4n) is 1.95. The standard InChI is InChI=1S/C11H21IO3/c1-13-7-9(8-14-2)15-11-6-4-3-5-10(11)12/h9-11H,3-8H2,1-2H3. The van der Waals surface area contributed by atoms with Crippen molar-refractivity contribution >= 4 is 22.6 Å². The summed E-state index contributed by atoms with van der Waals surface area (Å²) < 4.78 is 16.9. The molecule has 0 N–H and O–H groups in total. The third kappa shape index (κ3) is 4.97. The van der Waals surface area contributed by atoms with E-state index in [1.807, 2.05) is 0 Å². The van der Waals surface area contributed by atoms with Crippen LogP contribution in [0.25, 0.3) is 0 Å². The second-order valence-corrected chi connectivity index (χ2v) is 5.61. The van der Waals surface area contributed by atoms with Gasteiger partial charge in [-0.1, -0.05) is 35.4 Å². The molecule has 3 nitrogen and oxygen atoms in total. The van der Waals surface area contributed by atoms with E-state index in [0.29, 0.717) is 23.2 Å². The van der Waals surface area contributed by atoms with E-state index in [-0.39, 0.29) is 6.10 Å². The first kappa shape index (κ1) is 13.7. The Morgan fingerprint density at radius 3 is 2.27 bits per heavy atom. The number of ether oxygens (including phenoxy) is 3. The number of alkyl halides is 1. The van der Waals surface area contributed by atoms with Crippen LogP contribution in [0.3, 0.4) is 0 Å². The van der Waals surface area contributed by atoms with E-state index < -0.39 is 0 Å². The summed E-state index contributed by atoms with van der Waals surface area (Å²) in [5, 5.41) is 0. The molecule has 0 aliphatic heterocycles. The van der Waals surface area contributed by atoms with E-state index >= 15 is 0 Å². The molecule has 0 amide bonds. The highest BCUT2D eigenvalue weighted by Crippen LogP contribution is 2.28. The van der Waals surface area contributed by atoms with Crippen molar-refractivity contribution < 1.29 is 14.2 Å². The van der Waals surface area contributed by atoms with Crippen LogP contribution in [-0.4, -0.2) is 43.6 Å². The van der Waals surface area contributed by atoms with Crippen molar-refractivity contribution in [1.82, 2.24) is 0 Å². The molecule has 0 saturated heterocycles. The highest BCUT2D eigenvalue weighted by Gasteiger charge is 2.26. The highest BCUT2D eigenvalue weighted by atomic mass is 127. The van der Waals surface area contributed by atoms with Crippen LogP contribution >= 0.6 is 22.6 Å². The summed E-state index contributed by atoms with van der Waals surface area (Å²) in [6.45, 7) is 1.24. The molecule has 0 aromatic rings. The first-order chi connectivity index (χ1) is 7.27. The fourth-order valence-corrected chi connectivity index (χ4v) is 2.92. The molecule has 0 bridgehead atoms. The zero-order chi connectivity index (χ0) is 11.1. The van der Waals surface area contributed by atoms with Crippen molar-refractivity contribution in [3.8, 4) is 0 Å². The Labute approximate surface area is 106 Å². The summed E-state index contributed by atoms with van der Waals surface area (Å²) in [6.07, 6.45) is 5.55. The molecular weight excluding hydrogens is 307 g/mol. The second-order valence-electron chi connectivity index (χ2n) is 4.01. The molecule has 1 saturated carbocycles. The van der Waals surface area contributed by atoms with Gasteiger partial charge in [0.25, 0.3) is 0 Å². The molecule has 0 spiro atoms. The molecule has 2 unspecified atom stereocenters. The lowest BCUT2D eigenvalue weighted by atomic mass is 9.97. The van der Waals surface area contributed by atoms with Gasteiger partial charge in [0.05, 0.1) is 19.3 Å². The van der Waals surface area contributed by atoms with E-state index in [4.69, 9.17) is 14.2 Å². The van der Waals surface area contributed by atoms with Crippen molar-refractivity contribution in [2.75, 3.05) is 27.4 Å². The first-order valence-corrected chi connectivity index (χ1v) is 6.80. The fraction of sp³-hybridized carbons (Fsp3) is 1.00. The molecule has 0 radical (unpaired) electrons. The van der Waals surface area contributed by atoms with E-state index in [1.165, 1.54) is 25.7 Å². The van der Waals surface area contributed by atoms with Gasteiger partial charge in [0.2, 0.25) is 0 Å². The smallest absolute Gasteiger partial charge is 0.104 e. The molecule has 90 valence electrons. The molecule has 0 aromatic heterocycles. The van der Waals surface area contributed by atoms with Crippen molar-refractivity contribution in [3.05, 3.63) is 0 Å². The van der Waals surface area contributed by atoms with Gasteiger partial charge in [0.15, 0.2) is 0 Å². The quantitative estimate of drug-likeness (QED) is 0.554. The summed E-state index contributed by atoms with van der Waals surface area (Å²) in [5.74, 6) is 0. The lowest BCUT2D eigenvalue weighted by molar-refractivity contribution is -0.0836. The Morgan fingerprint density at radius 1 is 1.13 bits per heavy atom. The lowest BCUT2D eigenvalue weighted by Gasteiger charge is -2.31. The van der Waals surface area contributed by atoms with Crippen molar-refractivity contribution in [3.63, 3.8) is 0 Å². The zero-order valence-corrected chi connectivity index (χ0v) is 11.7. The van der Waals surface area contributed by atoms with Gasteiger partial charge in [0, 0.05) is 18.1 Å². The maximum atomic E-state index is 6.03.